The van der Waals surface area contributed by atoms with E-state index in [4.69, 9.17) is 0 Å². The van der Waals surface area contributed by atoms with Crippen molar-refractivity contribution in [3.63, 3.8) is 0 Å². The van der Waals surface area contributed by atoms with Gasteiger partial charge in [-0.05, 0) is 25.0 Å². The van der Waals surface area contributed by atoms with Gasteiger partial charge in [-0.3, -0.25) is 0 Å². The normalized spacial score (nSPS) is 11.0. The number of hydrogen-bond acceptors (Lipinski definition) is 1. The Labute approximate surface area is 93.3 Å². The van der Waals surface area contributed by atoms with Gasteiger partial charge < -0.3 is 21.5 Å². The topological polar surface area (TPSA) is 0 Å². The van der Waals surface area contributed by atoms with Crippen LogP contribution >= 0.6 is 12.6 Å². The number of rotatable bonds is 6. The van der Waals surface area contributed by atoms with Gasteiger partial charge in [0.2, 0.25) is 0 Å². The van der Waals surface area contributed by atoms with Crippen molar-refractivity contribution in [3.8, 4) is 0 Å². The lowest BCUT2D eigenvalue weighted by molar-refractivity contribution is -0.870. The van der Waals surface area contributed by atoms with E-state index in [0.29, 0.717) is 0 Å². The van der Waals surface area contributed by atoms with Gasteiger partial charge in [-0.1, -0.05) is 6.42 Å². The molecule has 0 aliphatic carbocycles. The van der Waals surface area contributed by atoms with E-state index >= 15 is 0 Å². The SMILES string of the molecule is C[N+](C)(C)CCCCCCS.[Br-]. The summed E-state index contributed by atoms with van der Waals surface area (Å²) in [6.07, 6.45) is 5.36. The summed E-state index contributed by atoms with van der Waals surface area (Å²) in [7, 11) is 6.75. The maximum atomic E-state index is 4.18. The highest BCUT2D eigenvalue weighted by Crippen LogP contribution is 2.03. The van der Waals surface area contributed by atoms with Gasteiger partial charge in [0.25, 0.3) is 0 Å². The van der Waals surface area contributed by atoms with Gasteiger partial charge in [-0.2, -0.15) is 12.6 Å². The molecule has 0 spiro atoms. The van der Waals surface area contributed by atoms with E-state index < -0.39 is 0 Å². The molecule has 0 aliphatic rings. The van der Waals surface area contributed by atoms with Crippen LogP contribution in [0.4, 0.5) is 0 Å². The lowest BCUT2D eigenvalue weighted by atomic mass is 10.2. The number of unbranched alkanes of at least 4 members (excludes halogenated alkanes) is 3. The number of thiol groups is 1. The first-order chi connectivity index (χ1) is 5.06. The fourth-order valence-electron chi connectivity index (χ4n) is 1.05. The Kier molecular flexibility index (Phi) is 10.7. The van der Waals surface area contributed by atoms with Crippen molar-refractivity contribution < 1.29 is 21.5 Å². The first kappa shape index (κ1) is 15.3. The zero-order valence-electron chi connectivity index (χ0n) is 8.52. The maximum Gasteiger partial charge on any atom is 0.0780 e. The molecule has 0 rings (SSSR count). The van der Waals surface area contributed by atoms with E-state index in [1.165, 1.54) is 32.2 Å². The Morgan fingerprint density at radius 3 is 1.83 bits per heavy atom. The van der Waals surface area contributed by atoms with Gasteiger partial charge in [0.05, 0.1) is 27.7 Å². The molecule has 12 heavy (non-hydrogen) atoms. The third kappa shape index (κ3) is 13.4. The zero-order valence-corrected chi connectivity index (χ0v) is 11.0. The Morgan fingerprint density at radius 2 is 1.42 bits per heavy atom. The van der Waals surface area contributed by atoms with Crippen molar-refractivity contribution in [1.82, 2.24) is 0 Å². The highest BCUT2D eigenvalue weighted by atomic mass is 79.9. The van der Waals surface area contributed by atoms with Crippen LogP contribution in [0.15, 0.2) is 0 Å². The highest BCUT2D eigenvalue weighted by molar-refractivity contribution is 7.80. The molecule has 0 aromatic carbocycles. The summed E-state index contributed by atoms with van der Waals surface area (Å²) in [6.45, 7) is 1.30. The minimum Gasteiger partial charge on any atom is -1.00 e. The van der Waals surface area contributed by atoms with E-state index in [-0.39, 0.29) is 17.0 Å². The molecule has 76 valence electrons. The van der Waals surface area contributed by atoms with Crippen LogP contribution in [0.25, 0.3) is 0 Å². The van der Waals surface area contributed by atoms with E-state index in [0.717, 1.165) is 10.2 Å². The number of hydrogen-bond donors (Lipinski definition) is 1. The zero-order chi connectivity index (χ0) is 8.74. The van der Waals surface area contributed by atoms with Crippen LogP contribution in [0.3, 0.4) is 0 Å². The molecule has 0 radical (unpaired) electrons. The molecule has 0 fully saturated rings. The quantitative estimate of drug-likeness (QED) is 0.358. The Hall–Kier alpha value is 0.790. The van der Waals surface area contributed by atoms with Crippen molar-refractivity contribution in [1.29, 1.82) is 0 Å². The fourth-order valence-corrected chi connectivity index (χ4v) is 1.28. The summed E-state index contributed by atoms with van der Waals surface area (Å²) in [6, 6.07) is 0. The van der Waals surface area contributed by atoms with Gasteiger partial charge >= 0.3 is 0 Å². The van der Waals surface area contributed by atoms with Crippen LogP contribution < -0.4 is 17.0 Å². The van der Waals surface area contributed by atoms with Crippen molar-refractivity contribution >= 4 is 12.6 Å². The van der Waals surface area contributed by atoms with Crippen molar-refractivity contribution in [2.45, 2.75) is 25.7 Å². The summed E-state index contributed by atoms with van der Waals surface area (Å²) in [5.41, 5.74) is 0. The molecule has 0 unspecified atom stereocenters. The average Bonchev–Trinajstić information content (AvgIpc) is 1.85. The minimum atomic E-state index is 0. The lowest BCUT2D eigenvalue weighted by Crippen LogP contribution is -3.00. The summed E-state index contributed by atoms with van der Waals surface area (Å²) in [5.74, 6) is 1.05. The number of halogens is 1. The average molecular weight is 256 g/mol. The van der Waals surface area contributed by atoms with E-state index in [9.17, 15) is 0 Å². The third-order valence-corrected chi connectivity index (χ3v) is 2.05. The molecule has 0 saturated heterocycles. The monoisotopic (exact) mass is 255 g/mol. The van der Waals surface area contributed by atoms with Gasteiger partial charge in [0, 0.05) is 0 Å². The molecule has 0 aromatic heterocycles. The molecule has 0 saturated carbocycles. The molecular weight excluding hydrogens is 234 g/mol. The van der Waals surface area contributed by atoms with Crippen LogP contribution in [0, 0.1) is 0 Å². The molecule has 0 amide bonds. The van der Waals surface area contributed by atoms with E-state index in [1.807, 2.05) is 0 Å². The molecule has 0 aromatic rings. The highest BCUT2D eigenvalue weighted by Gasteiger charge is 2.04. The number of nitrogens with zero attached hydrogens (tertiary/aromatic N) is 1. The van der Waals surface area contributed by atoms with Crippen LogP contribution in [0.1, 0.15) is 25.7 Å². The molecule has 0 N–H and O–H groups in total. The van der Waals surface area contributed by atoms with Gasteiger partial charge in [0.1, 0.15) is 0 Å². The first-order valence-corrected chi connectivity index (χ1v) is 5.11. The molecule has 0 heterocycles. The summed E-state index contributed by atoms with van der Waals surface area (Å²) in [5, 5.41) is 0. The fraction of sp³-hybridized carbons (Fsp3) is 1.00. The molecule has 0 atom stereocenters. The second kappa shape index (κ2) is 8.39. The smallest absolute Gasteiger partial charge is 0.0780 e. The molecule has 0 aliphatic heterocycles. The summed E-state index contributed by atoms with van der Waals surface area (Å²) >= 11 is 4.18. The van der Waals surface area contributed by atoms with Crippen LogP contribution in [0.2, 0.25) is 0 Å². The Balaban J connectivity index is 0. The molecular formula is C9H22BrNS. The molecule has 1 nitrogen and oxygen atoms in total. The third-order valence-electron chi connectivity index (χ3n) is 1.74. The van der Waals surface area contributed by atoms with Gasteiger partial charge in [0.15, 0.2) is 0 Å². The van der Waals surface area contributed by atoms with Crippen LogP contribution in [0.5, 0.6) is 0 Å². The van der Waals surface area contributed by atoms with Crippen molar-refractivity contribution in [3.05, 3.63) is 0 Å². The Bertz CT molecular complexity index is 91.0. The minimum absolute atomic E-state index is 0. The van der Waals surface area contributed by atoms with Crippen LogP contribution in [-0.4, -0.2) is 37.9 Å². The molecule has 3 heteroatoms. The van der Waals surface area contributed by atoms with Gasteiger partial charge in [-0.15, -0.1) is 0 Å². The lowest BCUT2D eigenvalue weighted by Gasteiger charge is -2.23. The van der Waals surface area contributed by atoms with Crippen molar-refractivity contribution in [2.75, 3.05) is 33.4 Å². The standard InChI is InChI=1S/C9H21NS.BrH/c1-10(2,3)8-6-4-5-7-9-11;/h4-9H2,1-3H3;1H. The van der Waals surface area contributed by atoms with Crippen LogP contribution in [-0.2, 0) is 0 Å². The summed E-state index contributed by atoms with van der Waals surface area (Å²) in [4.78, 5) is 0. The second-order valence-electron chi connectivity index (χ2n) is 4.15. The molecule has 0 bridgehead atoms. The number of quaternary nitrogens is 1. The van der Waals surface area contributed by atoms with E-state index in [1.54, 1.807) is 0 Å². The largest absolute Gasteiger partial charge is 1.00 e. The second-order valence-corrected chi connectivity index (χ2v) is 4.60. The predicted molar refractivity (Wildman–Crippen MR) is 55.2 cm³/mol. The summed E-state index contributed by atoms with van der Waals surface area (Å²) < 4.78 is 1.10. The van der Waals surface area contributed by atoms with Crippen molar-refractivity contribution in [2.24, 2.45) is 0 Å². The predicted octanol–water partition coefficient (Wildman–Crippen LogP) is -0.813. The Morgan fingerprint density at radius 1 is 0.917 bits per heavy atom. The maximum absolute atomic E-state index is 4.18. The van der Waals surface area contributed by atoms with Gasteiger partial charge in [-0.25, -0.2) is 0 Å². The first-order valence-electron chi connectivity index (χ1n) is 4.47. The van der Waals surface area contributed by atoms with E-state index in [2.05, 4.69) is 33.8 Å².